The molecule has 2 heterocycles. The van der Waals surface area contributed by atoms with E-state index in [0.717, 1.165) is 45.6 Å². The molecule has 1 atom stereocenters. The maximum Gasteiger partial charge on any atom is 0.224 e. The van der Waals surface area contributed by atoms with Crippen LogP contribution < -0.4 is 5.32 Å². The van der Waals surface area contributed by atoms with Crippen molar-refractivity contribution in [3.05, 3.63) is 0 Å². The van der Waals surface area contributed by atoms with Crippen LogP contribution in [0.25, 0.3) is 0 Å². The van der Waals surface area contributed by atoms with Gasteiger partial charge in [-0.3, -0.25) is 4.79 Å². The third-order valence-corrected chi connectivity index (χ3v) is 4.36. The average Bonchev–Trinajstić information content (AvgIpc) is 2.47. The fraction of sp³-hybridized carbons (Fsp3) is 0.929. The number of rotatable bonds is 4. The molecule has 1 amide bonds. The zero-order chi connectivity index (χ0) is 13.7. The highest BCUT2D eigenvalue weighted by Gasteiger charge is 2.26. The molecule has 0 bridgehead atoms. The van der Waals surface area contributed by atoms with E-state index < -0.39 is 0 Å². The molecule has 0 aromatic carbocycles. The van der Waals surface area contributed by atoms with E-state index in [1.54, 1.807) is 0 Å². The van der Waals surface area contributed by atoms with Gasteiger partial charge in [0.15, 0.2) is 0 Å². The van der Waals surface area contributed by atoms with E-state index in [2.05, 4.69) is 17.1 Å². The van der Waals surface area contributed by atoms with Crippen molar-refractivity contribution >= 4 is 30.7 Å². The number of nitrogens with one attached hydrogen (secondary N) is 1. The Labute approximate surface area is 140 Å². The molecule has 0 aliphatic carbocycles. The summed E-state index contributed by atoms with van der Waals surface area (Å²) in [5.74, 6) is 0.248. The topological polar surface area (TPSA) is 44.8 Å². The Hall–Kier alpha value is -0.0700. The van der Waals surface area contributed by atoms with Crippen LogP contribution in [-0.4, -0.2) is 74.2 Å². The number of halogens is 2. The molecule has 126 valence electrons. The summed E-state index contributed by atoms with van der Waals surface area (Å²) in [7, 11) is 1.96. The van der Waals surface area contributed by atoms with Gasteiger partial charge < -0.3 is 19.9 Å². The molecule has 5 nitrogen and oxygen atoms in total. The van der Waals surface area contributed by atoms with Gasteiger partial charge in [0.2, 0.25) is 5.91 Å². The summed E-state index contributed by atoms with van der Waals surface area (Å²) in [6.07, 6.45) is 2.76. The lowest BCUT2D eigenvalue weighted by atomic mass is 10.0. The van der Waals surface area contributed by atoms with Crippen LogP contribution in [0.3, 0.4) is 0 Å². The lowest BCUT2D eigenvalue weighted by Crippen LogP contribution is -2.49. The van der Waals surface area contributed by atoms with E-state index >= 15 is 0 Å². The van der Waals surface area contributed by atoms with Crippen LogP contribution in [0.15, 0.2) is 0 Å². The zero-order valence-electron chi connectivity index (χ0n) is 13.0. The second kappa shape index (κ2) is 10.6. The Bertz CT molecular complexity index is 294. The maximum atomic E-state index is 12.3. The molecule has 2 rings (SSSR count). The quantitative estimate of drug-likeness (QED) is 0.833. The molecule has 21 heavy (non-hydrogen) atoms. The molecule has 0 saturated carbocycles. The molecule has 0 aromatic rings. The van der Waals surface area contributed by atoms with Crippen molar-refractivity contribution in [2.75, 3.05) is 46.4 Å². The van der Waals surface area contributed by atoms with Crippen LogP contribution in [0.1, 0.15) is 26.2 Å². The Morgan fingerprint density at radius 3 is 2.52 bits per heavy atom. The van der Waals surface area contributed by atoms with Gasteiger partial charge in [-0.1, -0.05) is 6.92 Å². The number of nitrogens with zero attached hydrogens (tertiary/aromatic N) is 2. The van der Waals surface area contributed by atoms with Gasteiger partial charge >= 0.3 is 0 Å². The number of amides is 1. The van der Waals surface area contributed by atoms with Crippen molar-refractivity contribution in [3.8, 4) is 0 Å². The van der Waals surface area contributed by atoms with Crippen LogP contribution in [0.2, 0.25) is 0 Å². The van der Waals surface area contributed by atoms with Crippen molar-refractivity contribution in [3.63, 3.8) is 0 Å². The SMILES string of the molecule is CCN1CCC(N(C)C(=O)CC2COCCN2)CC1.Cl.Cl. The van der Waals surface area contributed by atoms with Gasteiger partial charge in [-0.2, -0.15) is 0 Å². The summed E-state index contributed by atoms with van der Waals surface area (Å²) in [5.41, 5.74) is 0. The van der Waals surface area contributed by atoms with Crippen LogP contribution in [-0.2, 0) is 9.53 Å². The maximum absolute atomic E-state index is 12.3. The first-order valence-electron chi connectivity index (χ1n) is 7.50. The highest BCUT2D eigenvalue weighted by atomic mass is 35.5. The largest absolute Gasteiger partial charge is 0.378 e. The van der Waals surface area contributed by atoms with Crippen molar-refractivity contribution < 1.29 is 9.53 Å². The van der Waals surface area contributed by atoms with E-state index in [1.807, 2.05) is 11.9 Å². The second-order valence-electron chi connectivity index (χ2n) is 5.60. The lowest BCUT2D eigenvalue weighted by molar-refractivity contribution is -0.134. The van der Waals surface area contributed by atoms with E-state index in [4.69, 9.17) is 4.74 Å². The molecule has 0 aromatic heterocycles. The molecule has 0 radical (unpaired) electrons. The first-order chi connectivity index (χ1) is 9.20. The predicted octanol–water partition coefficient (Wildman–Crippen LogP) is 1.15. The molecule has 7 heteroatoms. The first kappa shape index (κ1) is 20.9. The molecular formula is C14H29Cl2N3O2. The van der Waals surface area contributed by atoms with Gasteiger partial charge in [0.05, 0.1) is 13.2 Å². The van der Waals surface area contributed by atoms with Crippen LogP contribution >= 0.6 is 24.8 Å². The fourth-order valence-corrected chi connectivity index (χ4v) is 2.93. The third kappa shape index (κ3) is 6.28. The summed E-state index contributed by atoms with van der Waals surface area (Å²) in [5, 5.41) is 3.34. The van der Waals surface area contributed by atoms with Gasteiger partial charge in [-0.15, -0.1) is 24.8 Å². The smallest absolute Gasteiger partial charge is 0.224 e. The summed E-state index contributed by atoms with van der Waals surface area (Å²) >= 11 is 0. The number of piperidine rings is 1. The van der Waals surface area contributed by atoms with Gasteiger partial charge in [0.25, 0.3) is 0 Å². The minimum Gasteiger partial charge on any atom is -0.378 e. The van der Waals surface area contributed by atoms with E-state index in [0.29, 0.717) is 19.1 Å². The highest BCUT2D eigenvalue weighted by molar-refractivity contribution is 5.85. The number of hydrogen-bond donors (Lipinski definition) is 1. The van der Waals surface area contributed by atoms with E-state index in [9.17, 15) is 4.79 Å². The standard InChI is InChI=1S/C14H27N3O2.2ClH/c1-3-17-7-4-13(5-8-17)16(2)14(18)10-12-11-19-9-6-15-12;;/h12-13,15H,3-11H2,1-2H3;2*1H. The second-order valence-corrected chi connectivity index (χ2v) is 5.60. The minimum absolute atomic E-state index is 0. The Kier molecular flexibility index (Phi) is 10.6. The summed E-state index contributed by atoms with van der Waals surface area (Å²) < 4.78 is 5.40. The Balaban J connectivity index is 0.00000200. The van der Waals surface area contributed by atoms with Gasteiger partial charge in [-0.25, -0.2) is 0 Å². The molecule has 1 N–H and O–H groups in total. The number of likely N-dealkylation sites (tertiary alicyclic amines) is 1. The number of ether oxygens (including phenoxy) is 1. The van der Waals surface area contributed by atoms with Crippen molar-refractivity contribution in [2.24, 2.45) is 0 Å². The van der Waals surface area contributed by atoms with Crippen molar-refractivity contribution in [1.29, 1.82) is 0 Å². The normalized spacial score (nSPS) is 23.8. The predicted molar refractivity (Wildman–Crippen MR) is 89.6 cm³/mol. The summed E-state index contributed by atoms with van der Waals surface area (Å²) in [6.45, 7) is 7.82. The Morgan fingerprint density at radius 1 is 1.33 bits per heavy atom. The van der Waals surface area contributed by atoms with E-state index in [1.165, 1.54) is 0 Å². The molecule has 0 spiro atoms. The number of carbonyl (C=O) groups is 1. The lowest BCUT2D eigenvalue weighted by Gasteiger charge is -2.37. The third-order valence-electron chi connectivity index (χ3n) is 4.36. The minimum atomic E-state index is 0. The molecular weight excluding hydrogens is 313 g/mol. The monoisotopic (exact) mass is 341 g/mol. The fourth-order valence-electron chi connectivity index (χ4n) is 2.93. The number of hydrogen-bond acceptors (Lipinski definition) is 4. The zero-order valence-corrected chi connectivity index (χ0v) is 14.7. The summed E-state index contributed by atoms with van der Waals surface area (Å²) in [6, 6.07) is 0.610. The van der Waals surface area contributed by atoms with Crippen molar-refractivity contribution in [2.45, 2.75) is 38.3 Å². The van der Waals surface area contributed by atoms with Crippen molar-refractivity contribution in [1.82, 2.24) is 15.1 Å². The number of carbonyl (C=O) groups excluding carboxylic acids is 1. The first-order valence-corrected chi connectivity index (χ1v) is 7.50. The van der Waals surface area contributed by atoms with Gasteiger partial charge in [0, 0.05) is 45.2 Å². The molecule has 2 aliphatic rings. The average molecular weight is 342 g/mol. The van der Waals surface area contributed by atoms with Crippen LogP contribution in [0, 0.1) is 0 Å². The summed E-state index contributed by atoms with van der Waals surface area (Å²) in [4.78, 5) is 16.7. The van der Waals surface area contributed by atoms with Gasteiger partial charge in [-0.05, 0) is 19.4 Å². The Morgan fingerprint density at radius 2 is 2.00 bits per heavy atom. The van der Waals surface area contributed by atoms with E-state index in [-0.39, 0.29) is 36.8 Å². The van der Waals surface area contributed by atoms with Gasteiger partial charge in [0.1, 0.15) is 0 Å². The van der Waals surface area contributed by atoms with Crippen LogP contribution in [0.5, 0.6) is 0 Å². The number of morpholine rings is 1. The molecule has 2 fully saturated rings. The molecule has 2 saturated heterocycles. The molecule has 1 unspecified atom stereocenters. The highest BCUT2D eigenvalue weighted by Crippen LogP contribution is 2.16. The molecule has 2 aliphatic heterocycles. The van der Waals surface area contributed by atoms with Crippen LogP contribution in [0.4, 0.5) is 0 Å².